The summed E-state index contributed by atoms with van der Waals surface area (Å²) in [6.07, 6.45) is 0.840. The van der Waals surface area contributed by atoms with E-state index < -0.39 is 5.92 Å². The Morgan fingerprint density at radius 1 is 1.05 bits per heavy atom. The van der Waals surface area contributed by atoms with E-state index in [9.17, 15) is 14.4 Å². The van der Waals surface area contributed by atoms with Crippen LogP contribution in [-0.4, -0.2) is 17.3 Å². The Balaban J connectivity index is 2.30. The monoisotopic (exact) mass is 286 g/mol. The van der Waals surface area contributed by atoms with E-state index in [1.54, 1.807) is 6.92 Å². The lowest BCUT2D eigenvalue weighted by molar-refractivity contribution is -0.142. The van der Waals surface area contributed by atoms with Gasteiger partial charge < -0.3 is 0 Å². The van der Waals surface area contributed by atoms with Gasteiger partial charge in [0.05, 0.1) is 0 Å². The van der Waals surface area contributed by atoms with Crippen molar-refractivity contribution >= 4 is 17.3 Å². The van der Waals surface area contributed by atoms with Gasteiger partial charge in [0.25, 0.3) is 0 Å². The molecule has 0 heterocycles. The van der Waals surface area contributed by atoms with Gasteiger partial charge in [0.1, 0.15) is 5.92 Å². The predicted molar refractivity (Wildman–Crippen MR) is 81.4 cm³/mol. The third-order valence-electron chi connectivity index (χ3n) is 4.75. The molecule has 21 heavy (non-hydrogen) atoms. The average molecular weight is 286 g/mol. The third-order valence-corrected chi connectivity index (χ3v) is 4.75. The third kappa shape index (κ3) is 2.82. The van der Waals surface area contributed by atoms with Crippen molar-refractivity contribution in [3.05, 3.63) is 34.4 Å². The van der Waals surface area contributed by atoms with Crippen molar-refractivity contribution in [1.82, 2.24) is 0 Å². The lowest BCUT2D eigenvalue weighted by Crippen LogP contribution is -2.37. The molecular formula is C18H22O3. The van der Waals surface area contributed by atoms with Crippen LogP contribution in [0.4, 0.5) is 0 Å². The number of Topliss-reactive ketones (excluding diaryl/α,β-unsaturated/α-hetero) is 3. The van der Waals surface area contributed by atoms with Crippen molar-refractivity contribution in [3.8, 4) is 0 Å². The van der Waals surface area contributed by atoms with Crippen molar-refractivity contribution < 1.29 is 14.4 Å². The number of aryl methyl sites for hydroxylation is 1. The molecule has 0 saturated heterocycles. The first-order chi connectivity index (χ1) is 9.86. The second-order valence-electron chi connectivity index (χ2n) is 6.01. The first-order valence-electron chi connectivity index (χ1n) is 7.51. The average Bonchev–Trinajstić information content (AvgIpc) is 2.43. The molecule has 112 valence electrons. The SMILES string of the molecule is CCC(=O)C1C(=O)CC(c2ccc(C)c(C)c2C)CC1=O. The summed E-state index contributed by atoms with van der Waals surface area (Å²) in [4.78, 5) is 36.2. The lowest BCUT2D eigenvalue weighted by atomic mass is 9.73. The summed E-state index contributed by atoms with van der Waals surface area (Å²) in [7, 11) is 0. The van der Waals surface area contributed by atoms with E-state index in [0.717, 1.165) is 11.1 Å². The molecule has 0 amide bonds. The van der Waals surface area contributed by atoms with Gasteiger partial charge in [-0.15, -0.1) is 0 Å². The summed E-state index contributed by atoms with van der Waals surface area (Å²) in [6.45, 7) is 7.85. The Morgan fingerprint density at radius 3 is 2.14 bits per heavy atom. The maximum Gasteiger partial charge on any atom is 0.151 e. The van der Waals surface area contributed by atoms with Crippen LogP contribution in [0.15, 0.2) is 12.1 Å². The van der Waals surface area contributed by atoms with E-state index in [1.807, 2.05) is 19.1 Å². The molecule has 2 rings (SSSR count). The predicted octanol–water partition coefficient (Wildman–Crippen LogP) is 3.22. The molecule has 3 heteroatoms. The van der Waals surface area contributed by atoms with Gasteiger partial charge in [-0.2, -0.15) is 0 Å². The first kappa shape index (κ1) is 15.6. The maximum atomic E-state index is 12.2. The molecule has 1 aromatic carbocycles. The van der Waals surface area contributed by atoms with E-state index in [2.05, 4.69) is 13.8 Å². The molecule has 0 unspecified atom stereocenters. The van der Waals surface area contributed by atoms with Gasteiger partial charge in [0.15, 0.2) is 17.3 Å². The van der Waals surface area contributed by atoms with Crippen LogP contribution in [0, 0.1) is 26.7 Å². The van der Waals surface area contributed by atoms with Crippen molar-refractivity contribution in [1.29, 1.82) is 0 Å². The Kier molecular flexibility index (Phi) is 4.40. The van der Waals surface area contributed by atoms with Crippen LogP contribution in [0.1, 0.15) is 54.4 Å². The second kappa shape index (κ2) is 5.92. The van der Waals surface area contributed by atoms with Crippen molar-refractivity contribution in [2.75, 3.05) is 0 Å². The fourth-order valence-corrected chi connectivity index (χ4v) is 3.18. The largest absolute Gasteiger partial charge is 0.298 e. The van der Waals surface area contributed by atoms with E-state index >= 15 is 0 Å². The van der Waals surface area contributed by atoms with E-state index in [-0.39, 0.29) is 29.7 Å². The summed E-state index contributed by atoms with van der Waals surface area (Å²) >= 11 is 0. The number of carbonyl (C=O) groups is 3. The quantitative estimate of drug-likeness (QED) is 0.802. The molecule has 1 fully saturated rings. The number of hydrogen-bond acceptors (Lipinski definition) is 3. The lowest BCUT2D eigenvalue weighted by Gasteiger charge is -2.27. The number of ketones is 3. The number of rotatable bonds is 3. The highest BCUT2D eigenvalue weighted by Gasteiger charge is 2.39. The van der Waals surface area contributed by atoms with Crippen molar-refractivity contribution in [2.45, 2.75) is 52.9 Å². The summed E-state index contributed by atoms with van der Waals surface area (Å²) in [5.74, 6) is -1.73. The molecule has 1 aliphatic carbocycles. The van der Waals surface area contributed by atoms with E-state index in [1.165, 1.54) is 11.1 Å². The van der Waals surface area contributed by atoms with Gasteiger partial charge in [-0.3, -0.25) is 14.4 Å². The zero-order valence-electron chi connectivity index (χ0n) is 13.2. The van der Waals surface area contributed by atoms with Gasteiger partial charge in [0, 0.05) is 19.3 Å². The summed E-state index contributed by atoms with van der Waals surface area (Å²) < 4.78 is 0. The van der Waals surface area contributed by atoms with Gasteiger partial charge in [0.2, 0.25) is 0 Å². The molecule has 0 aromatic heterocycles. The standard InChI is InChI=1S/C18H22O3/c1-5-15(19)18-16(20)8-13(9-17(18)21)14-7-6-10(2)11(3)12(14)4/h6-7,13,18H,5,8-9H2,1-4H3. The molecule has 1 aliphatic rings. The molecule has 1 aromatic rings. The second-order valence-corrected chi connectivity index (χ2v) is 6.01. The topological polar surface area (TPSA) is 51.2 Å². The minimum atomic E-state index is -1.00. The molecule has 0 atom stereocenters. The van der Waals surface area contributed by atoms with Crippen LogP contribution in [-0.2, 0) is 14.4 Å². The van der Waals surface area contributed by atoms with E-state index in [0.29, 0.717) is 12.8 Å². The van der Waals surface area contributed by atoms with Crippen molar-refractivity contribution in [2.24, 2.45) is 5.92 Å². The van der Waals surface area contributed by atoms with Crippen LogP contribution in [0.25, 0.3) is 0 Å². The van der Waals surface area contributed by atoms with Crippen LogP contribution >= 0.6 is 0 Å². The minimum Gasteiger partial charge on any atom is -0.298 e. The van der Waals surface area contributed by atoms with Crippen LogP contribution < -0.4 is 0 Å². The highest BCUT2D eigenvalue weighted by molar-refractivity contribution is 6.20. The van der Waals surface area contributed by atoms with Gasteiger partial charge >= 0.3 is 0 Å². The Labute approximate surface area is 125 Å². The summed E-state index contributed by atoms with van der Waals surface area (Å²) in [6, 6.07) is 4.06. The molecule has 0 aliphatic heterocycles. The van der Waals surface area contributed by atoms with Crippen LogP contribution in [0.5, 0.6) is 0 Å². The summed E-state index contributed by atoms with van der Waals surface area (Å²) in [5.41, 5.74) is 4.64. The van der Waals surface area contributed by atoms with Crippen LogP contribution in [0.2, 0.25) is 0 Å². The molecule has 0 bridgehead atoms. The Bertz CT molecular complexity index is 595. The van der Waals surface area contributed by atoms with Gasteiger partial charge in [-0.05, 0) is 48.9 Å². The molecule has 0 radical (unpaired) electrons. The minimum absolute atomic E-state index is 0.0785. The zero-order chi connectivity index (χ0) is 15.7. The normalized spacial score (nSPS) is 22.5. The summed E-state index contributed by atoms with van der Waals surface area (Å²) in [5, 5.41) is 0. The van der Waals surface area contributed by atoms with Gasteiger partial charge in [-0.1, -0.05) is 19.1 Å². The number of carbonyl (C=O) groups excluding carboxylic acids is 3. The maximum absolute atomic E-state index is 12.2. The molecule has 3 nitrogen and oxygen atoms in total. The highest BCUT2D eigenvalue weighted by Crippen LogP contribution is 2.35. The fourth-order valence-electron chi connectivity index (χ4n) is 3.18. The fraction of sp³-hybridized carbons (Fsp3) is 0.500. The number of hydrogen-bond donors (Lipinski definition) is 0. The molecule has 0 spiro atoms. The van der Waals surface area contributed by atoms with Crippen molar-refractivity contribution in [3.63, 3.8) is 0 Å². The van der Waals surface area contributed by atoms with Crippen LogP contribution in [0.3, 0.4) is 0 Å². The number of benzene rings is 1. The Hall–Kier alpha value is -1.77. The van der Waals surface area contributed by atoms with Gasteiger partial charge in [-0.25, -0.2) is 0 Å². The molecule has 1 saturated carbocycles. The van der Waals surface area contributed by atoms with E-state index in [4.69, 9.17) is 0 Å². The highest BCUT2D eigenvalue weighted by atomic mass is 16.2. The smallest absolute Gasteiger partial charge is 0.151 e. The zero-order valence-corrected chi connectivity index (χ0v) is 13.2. The first-order valence-corrected chi connectivity index (χ1v) is 7.51. The molecular weight excluding hydrogens is 264 g/mol. The molecule has 0 N–H and O–H groups in total. The Morgan fingerprint density at radius 2 is 1.62 bits per heavy atom.